The quantitative estimate of drug-likeness (QED) is 0.312. The van der Waals surface area contributed by atoms with Crippen molar-refractivity contribution < 1.29 is 14.2 Å². The van der Waals surface area contributed by atoms with Gasteiger partial charge in [0.1, 0.15) is 29.8 Å². The third kappa shape index (κ3) is 4.74. The van der Waals surface area contributed by atoms with Crippen LogP contribution in [0.3, 0.4) is 0 Å². The van der Waals surface area contributed by atoms with Gasteiger partial charge in [-0.3, -0.25) is 4.68 Å². The van der Waals surface area contributed by atoms with E-state index in [2.05, 4.69) is 41.0 Å². The number of benzene rings is 1. The molecule has 42 heavy (non-hydrogen) atoms. The average molecular weight is 571 g/mol. The fourth-order valence-corrected chi connectivity index (χ4v) is 5.60. The van der Waals surface area contributed by atoms with Gasteiger partial charge in [-0.2, -0.15) is 10.2 Å². The number of nitrogens with two attached hydrogens (primary N) is 1. The van der Waals surface area contributed by atoms with E-state index in [0.29, 0.717) is 19.2 Å². The van der Waals surface area contributed by atoms with Crippen molar-refractivity contribution in [3.8, 4) is 11.1 Å². The number of halogens is 1. The maximum Gasteiger partial charge on any atom is 0.225 e. The van der Waals surface area contributed by atoms with E-state index in [4.69, 9.17) is 10.5 Å². The Bertz CT molecular complexity index is 1690. The summed E-state index contributed by atoms with van der Waals surface area (Å²) in [6.07, 6.45) is 10.2. The Morgan fingerprint density at radius 2 is 1.64 bits per heavy atom. The van der Waals surface area contributed by atoms with Gasteiger partial charge in [0, 0.05) is 67.7 Å². The monoisotopic (exact) mass is 570 g/mol. The van der Waals surface area contributed by atoms with Crippen molar-refractivity contribution in [2.45, 2.75) is 24.6 Å². The molecule has 4 aromatic heterocycles. The minimum atomic E-state index is -0.843. The second-order valence-corrected chi connectivity index (χ2v) is 11.0. The van der Waals surface area contributed by atoms with Gasteiger partial charge in [0.25, 0.3) is 0 Å². The zero-order chi connectivity index (χ0) is 28.8. The second kappa shape index (κ2) is 10.4. The van der Waals surface area contributed by atoms with Gasteiger partial charge < -0.3 is 25.4 Å². The highest BCUT2D eigenvalue weighted by Gasteiger charge is 2.29. The first-order valence-corrected chi connectivity index (χ1v) is 13.9. The van der Waals surface area contributed by atoms with E-state index >= 15 is 0 Å². The lowest BCUT2D eigenvalue weighted by Crippen LogP contribution is -2.47. The first-order valence-electron chi connectivity index (χ1n) is 13.9. The number of piperazine rings is 1. The summed E-state index contributed by atoms with van der Waals surface area (Å²) in [7, 11) is 0. The van der Waals surface area contributed by atoms with Crippen LogP contribution in [0, 0.1) is 5.82 Å². The number of rotatable bonds is 6. The van der Waals surface area contributed by atoms with E-state index in [0.717, 1.165) is 59.8 Å². The van der Waals surface area contributed by atoms with Gasteiger partial charge in [-0.05, 0) is 30.7 Å². The zero-order valence-corrected chi connectivity index (χ0v) is 23.1. The van der Waals surface area contributed by atoms with E-state index in [1.54, 1.807) is 41.7 Å². The van der Waals surface area contributed by atoms with Gasteiger partial charge in [-0.25, -0.2) is 23.9 Å². The smallest absolute Gasteiger partial charge is 0.225 e. The molecule has 12 nitrogen and oxygen atoms in total. The second-order valence-electron chi connectivity index (χ2n) is 11.0. The summed E-state index contributed by atoms with van der Waals surface area (Å²) in [4.78, 5) is 18.2. The van der Waals surface area contributed by atoms with Crippen LogP contribution in [0.25, 0.3) is 16.6 Å². The molecule has 216 valence electrons. The SMILES string of the molecule is C[C@](N)(c1ccc(F)cc1)c1cnc(N2CCN(c3ncnn4cc(-c5cnn([C@H]6COC[C@@H]6O)c5)cc34)CC2)nc1. The molecule has 2 aliphatic heterocycles. The van der Waals surface area contributed by atoms with Crippen LogP contribution in [0.15, 0.2) is 67.6 Å². The summed E-state index contributed by atoms with van der Waals surface area (Å²) >= 11 is 0. The van der Waals surface area contributed by atoms with E-state index in [1.165, 1.54) is 12.1 Å². The maximum atomic E-state index is 13.4. The number of aromatic nitrogens is 7. The van der Waals surface area contributed by atoms with Crippen LogP contribution >= 0.6 is 0 Å². The normalized spacial score (nSPS) is 20.8. The van der Waals surface area contributed by atoms with E-state index < -0.39 is 11.6 Å². The molecule has 5 aromatic rings. The first-order chi connectivity index (χ1) is 20.4. The lowest BCUT2D eigenvalue weighted by atomic mass is 9.87. The predicted molar refractivity (Wildman–Crippen MR) is 154 cm³/mol. The van der Waals surface area contributed by atoms with Crippen LogP contribution in [-0.2, 0) is 10.3 Å². The Morgan fingerprint density at radius 1 is 0.905 bits per heavy atom. The van der Waals surface area contributed by atoms with Gasteiger partial charge in [0.15, 0.2) is 5.82 Å². The van der Waals surface area contributed by atoms with Crippen molar-refractivity contribution in [2.75, 3.05) is 49.2 Å². The molecule has 0 saturated carbocycles. The van der Waals surface area contributed by atoms with Gasteiger partial charge in [-0.1, -0.05) is 12.1 Å². The maximum absolute atomic E-state index is 13.4. The molecule has 1 aromatic carbocycles. The van der Waals surface area contributed by atoms with Crippen molar-refractivity contribution in [1.29, 1.82) is 0 Å². The topological polar surface area (TPSA) is 136 Å². The molecular weight excluding hydrogens is 539 g/mol. The molecule has 3 N–H and O–H groups in total. The largest absolute Gasteiger partial charge is 0.388 e. The summed E-state index contributed by atoms with van der Waals surface area (Å²) in [6.45, 7) is 5.55. The number of anilines is 2. The molecule has 0 spiro atoms. The Labute approximate surface area is 241 Å². The Hall–Kier alpha value is -4.46. The summed E-state index contributed by atoms with van der Waals surface area (Å²) in [5.74, 6) is 1.20. The Kier molecular flexibility index (Phi) is 6.56. The summed E-state index contributed by atoms with van der Waals surface area (Å²) in [6, 6.07) is 8.06. The number of nitrogens with zero attached hydrogens (tertiary/aromatic N) is 9. The van der Waals surface area contributed by atoms with Crippen molar-refractivity contribution in [2.24, 2.45) is 5.73 Å². The van der Waals surface area contributed by atoms with Gasteiger partial charge in [0.05, 0.1) is 24.9 Å². The number of ether oxygens (including phenoxy) is 1. The minimum Gasteiger partial charge on any atom is -0.388 e. The van der Waals surface area contributed by atoms with Gasteiger partial charge in [0.2, 0.25) is 5.95 Å². The Balaban J connectivity index is 1.05. The highest BCUT2D eigenvalue weighted by Crippen LogP contribution is 2.30. The van der Waals surface area contributed by atoms with E-state index in [-0.39, 0.29) is 11.9 Å². The Morgan fingerprint density at radius 3 is 2.36 bits per heavy atom. The van der Waals surface area contributed by atoms with Crippen LogP contribution < -0.4 is 15.5 Å². The molecule has 0 amide bonds. The van der Waals surface area contributed by atoms with Crippen molar-refractivity contribution in [3.05, 3.63) is 84.6 Å². The molecule has 6 heterocycles. The van der Waals surface area contributed by atoms with Crippen LogP contribution in [0.1, 0.15) is 24.1 Å². The van der Waals surface area contributed by atoms with Crippen molar-refractivity contribution in [1.82, 2.24) is 34.3 Å². The minimum absolute atomic E-state index is 0.183. The summed E-state index contributed by atoms with van der Waals surface area (Å²) in [5.41, 5.74) is 10.1. The molecule has 7 rings (SSSR count). The molecule has 0 radical (unpaired) electrons. The molecule has 2 aliphatic rings. The number of aliphatic hydroxyl groups is 1. The fourth-order valence-electron chi connectivity index (χ4n) is 5.60. The van der Waals surface area contributed by atoms with E-state index in [9.17, 15) is 9.50 Å². The van der Waals surface area contributed by atoms with Crippen LogP contribution in [0.5, 0.6) is 0 Å². The molecule has 2 saturated heterocycles. The average Bonchev–Trinajstić information content (AvgIpc) is 3.77. The lowest BCUT2D eigenvalue weighted by molar-refractivity contribution is 0.118. The van der Waals surface area contributed by atoms with Crippen molar-refractivity contribution >= 4 is 17.3 Å². The first kappa shape index (κ1) is 26.4. The van der Waals surface area contributed by atoms with Crippen LogP contribution in [0.2, 0.25) is 0 Å². The standard InChI is InChI=1S/C29H31FN10O2/c1-29(31,21-2-4-23(30)5-3-21)22-12-32-28(33-13-22)38-8-6-37(7-9-38)27-24-10-19(14-39(24)36-18-34-27)20-11-35-40(15-20)25-16-42-17-26(25)41/h2-5,10-15,18,25-26,41H,6-9,16-17,31H2,1H3/t25-,26-,29-/m0/s1. The molecular formula is C29H31FN10O2. The number of hydrogen-bond donors (Lipinski definition) is 2. The predicted octanol–water partition coefficient (Wildman–Crippen LogP) is 2.00. The summed E-state index contributed by atoms with van der Waals surface area (Å²) in [5, 5.41) is 19.1. The van der Waals surface area contributed by atoms with Crippen LogP contribution in [-0.4, -0.2) is 84.9 Å². The third-order valence-electron chi connectivity index (χ3n) is 8.23. The highest BCUT2D eigenvalue weighted by molar-refractivity contribution is 5.77. The third-order valence-corrected chi connectivity index (χ3v) is 8.23. The number of hydrogen-bond acceptors (Lipinski definition) is 10. The number of fused-ring (bicyclic) bond motifs is 1. The lowest BCUT2D eigenvalue weighted by Gasteiger charge is -2.35. The summed E-state index contributed by atoms with van der Waals surface area (Å²) < 4.78 is 22.4. The fraction of sp³-hybridized carbons (Fsp3) is 0.345. The molecule has 0 aliphatic carbocycles. The van der Waals surface area contributed by atoms with Crippen LogP contribution in [0.4, 0.5) is 16.2 Å². The van der Waals surface area contributed by atoms with Gasteiger partial charge >= 0.3 is 0 Å². The molecule has 0 bridgehead atoms. The molecule has 2 fully saturated rings. The van der Waals surface area contributed by atoms with E-state index in [1.807, 2.05) is 23.8 Å². The molecule has 3 atom stereocenters. The molecule has 13 heteroatoms. The van der Waals surface area contributed by atoms with Gasteiger partial charge in [-0.15, -0.1) is 0 Å². The zero-order valence-electron chi connectivity index (χ0n) is 23.1. The van der Waals surface area contributed by atoms with Crippen molar-refractivity contribution in [3.63, 3.8) is 0 Å². The number of aliphatic hydroxyl groups excluding tert-OH is 1. The highest BCUT2D eigenvalue weighted by atomic mass is 19.1. The molecule has 0 unspecified atom stereocenters.